The number of hydrogen-bond donors (Lipinski definition) is 2. The lowest BCUT2D eigenvalue weighted by Crippen LogP contribution is -2.50. The van der Waals surface area contributed by atoms with Gasteiger partial charge in [0.05, 0.1) is 0 Å². The summed E-state index contributed by atoms with van der Waals surface area (Å²) in [4.78, 5) is 28.6. The summed E-state index contributed by atoms with van der Waals surface area (Å²) in [5.41, 5.74) is -0.140. The summed E-state index contributed by atoms with van der Waals surface area (Å²) >= 11 is 0. The van der Waals surface area contributed by atoms with Crippen molar-refractivity contribution in [3.05, 3.63) is 24.0 Å². The van der Waals surface area contributed by atoms with E-state index < -0.39 is 11.5 Å². The highest BCUT2D eigenvalue weighted by molar-refractivity contribution is 5.93. The predicted molar refractivity (Wildman–Crippen MR) is 72.4 cm³/mol. The molecule has 1 aromatic heterocycles. The van der Waals surface area contributed by atoms with E-state index in [4.69, 9.17) is 0 Å². The van der Waals surface area contributed by atoms with E-state index in [0.717, 1.165) is 0 Å². The lowest BCUT2D eigenvalue weighted by Gasteiger charge is -2.36. The van der Waals surface area contributed by atoms with Crippen LogP contribution in [0.2, 0.25) is 0 Å². The molecule has 1 rings (SSSR count). The van der Waals surface area contributed by atoms with Crippen LogP contribution in [0.15, 0.2) is 18.3 Å². The van der Waals surface area contributed by atoms with Crippen molar-refractivity contribution in [1.29, 1.82) is 0 Å². The number of likely N-dealkylation sites (N-methyl/N-ethyl adjacent to an activating group) is 1. The van der Waals surface area contributed by atoms with Gasteiger partial charge in [-0.25, -0.2) is 4.79 Å². The fourth-order valence-electron chi connectivity index (χ4n) is 1.86. The van der Waals surface area contributed by atoms with E-state index in [1.807, 2.05) is 6.92 Å². The Balaban J connectivity index is 3.20. The summed E-state index contributed by atoms with van der Waals surface area (Å²) in [7, 11) is 1.52. The topological polar surface area (TPSA) is 82.5 Å². The normalized spacial score (nSPS) is 10.9. The second-order valence-corrected chi connectivity index (χ2v) is 4.59. The molecule has 0 saturated heterocycles. The molecule has 2 N–H and O–H groups in total. The second kappa shape index (κ2) is 5.69. The number of amides is 1. The van der Waals surface area contributed by atoms with E-state index >= 15 is 0 Å². The molecule has 6 nitrogen and oxygen atoms in total. The summed E-state index contributed by atoms with van der Waals surface area (Å²) in [5, 5.41) is 11.8. The number of aromatic nitrogens is 1. The summed E-state index contributed by atoms with van der Waals surface area (Å²) in [6, 6.07) is 3.29. The number of carbonyl (C=O) groups excluding carboxylic acids is 1. The van der Waals surface area contributed by atoms with Crippen LogP contribution in [0, 0.1) is 0 Å². The van der Waals surface area contributed by atoms with Crippen molar-refractivity contribution in [3.63, 3.8) is 0 Å². The SMILES string of the molecule is CCN(c1ccnc(C(=O)NC)c1)C(C)(C)C(=O)O. The molecule has 0 bridgehead atoms. The molecule has 0 aromatic carbocycles. The van der Waals surface area contributed by atoms with E-state index in [-0.39, 0.29) is 11.6 Å². The first kappa shape index (κ1) is 14.9. The fraction of sp³-hybridized carbons (Fsp3) is 0.462. The maximum atomic E-state index is 11.6. The average molecular weight is 265 g/mol. The highest BCUT2D eigenvalue weighted by Crippen LogP contribution is 2.24. The van der Waals surface area contributed by atoms with Gasteiger partial charge in [0.15, 0.2) is 0 Å². The minimum Gasteiger partial charge on any atom is -0.480 e. The molecule has 0 saturated carbocycles. The number of rotatable bonds is 5. The Labute approximate surface area is 112 Å². The zero-order chi connectivity index (χ0) is 14.6. The highest BCUT2D eigenvalue weighted by atomic mass is 16.4. The lowest BCUT2D eigenvalue weighted by molar-refractivity contribution is -0.142. The van der Waals surface area contributed by atoms with Gasteiger partial charge in [-0.3, -0.25) is 9.78 Å². The molecule has 1 aromatic rings. The molecule has 19 heavy (non-hydrogen) atoms. The van der Waals surface area contributed by atoms with Crippen LogP contribution < -0.4 is 10.2 Å². The molecule has 6 heteroatoms. The maximum Gasteiger partial charge on any atom is 0.328 e. The van der Waals surface area contributed by atoms with Gasteiger partial charge >= 0.3 is 5.97 Å². The van der Waals surface area contributed by atoms with Gasteiger partial charge in [0.2, 0.25) is 0 Å². The third-order valence-electron chi connectivity index (χ3n) is 3.03. The highest BCUT2D eigenvalue weighted by Gasteiger charge is 2.34. The summed E-state index contributed by atoms with van der Waals surface area (Å²) in [5.74, 6) is -1.22. The number of pyridine rings is 1. The van der Waals surface area contributed by atoms with Gasteiger partial charge in [-0.1, -0.05) is 0 Å². The van der Waals surface area contributed by atoms with Gasteiger partial charge in [0.1, 0.15) is 11.2 Å². The molecule has 0 aliphatic heterocycles. The van der Waals surface area contributed by atoms with E-state index in [1.165, 1.54) is 13.2 Å². The Morgan fingerprint density at radius 3 is 2.58 bits per heavy atom. The average Bonchev–Trinajstić information content (AvgIpc) is 2.38. The number of carboxylic acid groups (broad SMARTS) is 1. The first-order valence-electron chi connectivity index (χ1n) is 6.03. The first-order chi connectivity index (χ1) is 8.84. The van der Waals surface area contributed by atoms with Gasteiger partial charge in [0.25, 0.3) is 5.91 Å². The van der Waals surface area contributed by atoms with Crippen LogP contribution in [0.25, 0.3) is 0 Å². The molecule has 104 valence electrons. The minimum atomic E-state index is -1.06. The second-order valence-electron chi connectivity index (χ2n) is 4.59. The van der Waals surface area contributed by atoms with E-state index in [1.54, 1.807) is 30.9 Å². The Bertz CT molecular complexity index is 486. The molecule has 0 fully saturated rings. The Morgan fingerprint density at radius 2 is 2.11 bits per heavy atom. The molecule has 0 unspecified atom stereocenters. The summed E-state index contributed by atoms with van der Waals surface area (Å²) in [6.07, 6.45) is 1.50. The fourth-order valence-corrected chi connectivity index (χ4v) is 1.86. The summed E-state index contributed by atoms with van der Waals surface area (Å²) < 4.78 is 0. The number of anilines is 1. The van der Waals surface area contributed by atoms with Gasteiger partial charge < -0.3 is 15.3 Å². The molecule has 0 aliphatic carbocycles. The molecular formula is C13H19N3O3. The molecule has 0 aliphatic rings. The standard InChI is InChI=1S/C13H19N3O3/c1-5-16(13(2,3)12(18)19)9-6-7-15-10(8-9)11(17)14-4/h6-8H,5H2,1-4H3,(H,14,17)(H,18,19). The molecular weight excluding hydrogens is 246 g/mol. The van der Waals surface area contributed by atoms with Crippen LogP contribution >= 0.6 is 0 Å². The third-order valence-corrected chi connectivity index (χ3v) is 3.03. The van der Waals surface area contributed by atoms with Crippen molar-refractivity contribution in [2.75, 3.05) is 18.5 Å². The van der Waals surface area contributed by atoms with Gasteiger partial charge in [-0.15, -0.1) is 0 Å². The number of carbonyl (C=O) groups is 2. The van der Waals surface area contributed by atoms with E-state index in [0.29, 0.717) is 12.2 Å². The number of carboxylic acids is 1. The molecule has 1 amide bonds. The lowest BCUT2D eigenvalue weighted by atomic mass is 10.0. The molecule has 0 atom stereocenters. The molecule has 0 spiro atoms. The Hall–Kier alpha value is -2.11. The van der Waals surface area contributed by atoms with E-state index in [9.17, 15) is 14.7 Å². The zero-order valence-electron chi connectivity index (χ0n) is 11.6. The van der Waals surface area contributed by atoms with Crippen LogP contribution in [0.1, 0.15) is 31.3 Å². The monoisotopic (exact) mass is 265 g/mol. The van der Waals surface area contributed by atoms with Crippen LogP contribution in [0.3, 0.4) is 0 Å². The summed E-state index contributed by atoms with van der Waals surface area (Å²) in [6.45, 7) is 5.62. The first-order valence-corrected chi connectivity index (χ1v) is 6.03. The van der Waals surface area contributed by atoms with Crippen molar-refractivity contribution < 1.29 is 14.7 Å². The van der Waals surface area contributed by atoms with Gasteiger partial charge in [-0.2, -0.15) is 0 Å². The van der Waals surface area contributed by atoms with Gasteiger partial charge in [-0.05, 0) is 32.9 Å². The Kier molecular flexibility index (Phi) is 4.47. The number of nitrogens with zero attached hydrogens (tertiary/aromatic N) is 2. The largest absolute Gasteiger partial charge is 0.480 e. The van der Waals surface area contributed by atoms with Crippen molar-refractivity contribution in [2.24, 2.45) is 0 Å². The molecule has 0 radical (unpaired) electrons. The van der Waals surface area contributed by atoms with Crippen molar-refractivity contribution in [2.45, 2.75) is 26.3 Å². The third kappa shape index (κ3) is 3.01. The van der Waals surface area contributed by atoms with Crippen LogP contribution in [0.5, 0.6) is 0 Å². The number of nitrogens with one attached hydrogen (secondary N) is 1. The number of hydrogen-bond acceptors (Lipinski definition) is 4. The quantitative estimate of drug-likeness (QED) is 0.834. The zero-order valence-corrected chi connectivity index (χ0v) is 11.6. The number of aliphatic carboxylic acids is 1. The van der Waals surface area contributed by atoms with Crippen LogP contribution in [-0.2, 0) is 4.79 Å². The van der Waals surface area contributed by atoms with Crippen LogP contribution in [-0.4, -0.2) is 41.1 Å². The van der Waals surface area contributed by atoms with Crippen molar-refractivity contribution in [1.82, 2.24) is 10.3 Å². The Morgan fingerprint density at radius 1 is 1.47 bits per heavy atom. The molecule has 1 heterocycles. The van der Waals surface area contributed by atoms with Gasteiger partial charge in [0, 0.05) is 25.5 Å². The minimum absolute atomic E-state index is 0.264. The predicted octanol–water partition coefficient (Wildman–Crippen LogP) is 1.13. The van der Waals surface area contributed by atoms with Crippen molar-refractivity contribution >= 4 is 17.6 Å². The maximum absolute atomic E-state index is 11.6. The smallest absolute Gasteiger partial charge is 0.328 e. The van der Waals surface area contributed by atoms with E-state index in [2.05, 4.69) is 10.3 Å². The van der Waals surface area contributed by atoms with Crippen molar-refractivity contribution in [3.8, 4) is 0 Å². The van der Waals surface area contributed by atoms with Crippen LogP contribution in [0.4, 0.5) is 5.69 Å².